The van der Waals surface area contributed by atoms with Crippen molar-refractivity contribution >= 4 is 23.3 Å². The molecule has 2 N–H and O–H groups in total. The van der Waals surface area contributed by atoms with Gasteiger partial charge in [0.15, 0.2) is 0 Å². The molecule has 0 aromatic heterocycles. The van der Waals surface area contributed by atoms with Crippen LogP contribution in [0.15, 0.2) is 41.7 Å². The van der Waals surface area contributed by atoms with Crippen molar-refractivity contribution in [3.05, 3.63) is 47.3 Å². The molecular weight excluding hydrogens is 320 g/mol. The van der Waals surface area contributed by atoms with Crippen molar-refractivity contribution in [1.29, 1.82) is 0 Å². The van der Waals surface area contributed by atoms with Gasteiger partial charge in [0.25, 0.3) is 0 Å². The number of carbonyl (C=O) groups excluding carboxylic acids is 2. The first kappa shape index (κ1) is 20.3. The molecule has 0 amide bonds. The van der Waals surface area contributed by atoms with Crippen molar-refractivity contribution in [2.75, 3.05) is 23.8 Å². The SMILES string of the molecule is CCOC(=O)/C=C(/C)Nc1cccc(N/C(C)=C/C(=O)OCC)c1C. The third-order valence-electron chi connectivity index (χ3n) is 3.24. The van der Waals surface area contributed by atoms with E-state index in [-0.39, 0.29) is 11.9 Å². The lowest BCUT2D eigenvalue weighted by Gasteiger charge is -2.15. The second kappa shape index (κ2) is 10.2. The molecule has 0 heterocycles. The van der Waals surface area contributed by atoms with E-state index < -0.39 is 0 Å². The fourth-order valence-corrected chi connectivity index (χ4v) is 2.12. The molecule has 0 atom stereocenters. The van der Waals surface area contributed by atoms with Gasteiger partial charge in [0.05, 0.1) is 13.2 Å². The minimum atomic E-state index is -0.382. The highest BCUT2D eigenvalue weighted by atomic mass is 16.5. The Morgan fingerprint density at radius 2 is 1.32 bits per heavy atom. The number of nitrogens with one attached hydrogen (secondary N) is 2. The molecule has 1 rings (SSSR count). The summed E-state index contributed by atoms with van der Waals surface area (Å²) in [5.74, 6) is -0.764. The molecule has 1 aromatic carbocycles. The molecule has 0 aliphatic heterocycles. The molecule has 6 nitrogen and oxygen atoms in total. The first-order valence-corrected chi connectivity index (χ1v) is 8.21. The van der Waals surface area contributed by atoms with Crippen LogP contribution < -0.4 is 10.6 Å². The fraction of sp³-hybridized carbons (Fsp3) is 0.368. The number of carbonyl (C=O) groups is 2. The number of anilines is 2. The first-order chi connectivity index (χ1) is 11.9. The number of allylic oxidation sites excluding steroid dienone is 2. The molecule has 0 aliphatic rings. The molecule has 0 bridgehead atoms. The standard InChI is InChI=1S/C19H26N2O4/c1-6-24-18(22)11-13(3)20-16-9-8-10-17(15(16)5)21-14(4)12-19(23)25-7-2/h8-12,20-21H,6-7H2,1-5H3/b13-11-,14-12+. The fourth-order valence-electron chi connectivity index (χ4n) is 2.12. The summed E-state index contributed by atoms with van der Waals surface area (Å²) in [5, 5.41) is 6.37. The third-order valence-corrected chi connectivity index (χ3v) is 3.24. The molecular formula is C19H26N2O4. The van der Waals surface area contributed by atoms with E-state index in [2.05, 4.69) is 10.6 Å². The molecule has 0 spiro atoms. The summed E-state index contributed by atoms with van der Waals surface area (Å²) in [7, 11) is 0. The largest absolute Gasteiger partial charge is 0.463 e. The van der Waals surface area contributed by atoms with Crippen LogP contribution in [0.25, 0.3) is 0 Å². The average molecular weight is 346 g/mol. The minimum Gasteiger partial charge on any atom is -0.463 e. The lowest BCUT2D eigenvalue weighted by Crippen LogP contribution is -2.07. The van der Waals surface area contributed by atoms with Gasteiger partial charge in [-0.25, -0.2) is 9.59 Å². The highest BCUT2D eigenvalue weighted by Crippen LogP contribution is 2.25. The number of benzene rings is 1. The highest BCUT2D eigenvalue weighted by molar-refractivity contribution is 5.84. The Bertz CT molecular complexity index is 624. The quantitative estimate of drug-likeness (QED) is 0.551. The summed E-state index contributed by atoms with van der Waals surface area (Å²) in [5.41, 5.74) is 4.02. The second-order valence-corrected chi connectivity index (χ2v) is 5.39. The molecule has 0 radical (unpaired) electrons. The van der Waals surface area contributed by atoms with Gasteiger partial charge in [-0.3, -0.25) is 0 Å². The van der Waals surface area contributed by atoms with Gasteiger partial charge in [-0.2, -0.15) is 0 Å². The molecule has 0 saturated heterocycles. The number of hydrogen-bond donors (Lipinski definition) is 2. The second-order valence-electron chi connectivity index (χ2n) is 5.39. The van der Waals surface area contributed by atoms with Crippen molar-refractivity contribution in [2.45, 2.75) is 34.6 Å². The number of rotatable bonds is 8. The smallest absolute Gasteiger partial charge is 0.332 e. The van der Waals surface area contributed by atoms with Gasteiger partial charge in [-0.1, -0.05) is 6.07 Å². The summed E-state index contributed by atoms with van der Waals surface area (Å²) in [6.45, 7) is 9.74. The molecule has 0 fully saturated rings. The normalized spacial score (nSPS) is 11.7. The topological polar surface area (TPSA) is 76.7 Å². The summed E-state index contributed by atoms with van der Waals surface area (Å²) in [6.07, 6.45) is 2.82. The van der Waals surface area contributed by atoms with Crippen molar-refractivity contribution in [1.82, 2.24) is 0 Å². The van der Waals surface area contributed by atoms with Crippen LogP contribution in [0.2, 0.25) is 0 Å². The Morgan fingerprint density at radius 1 is 0.920 bits per heavy atom. The van der Waals surface area contributed by atoms with Gasteiger partial charge >= 0.3 is 11.9 Å². The van der Waals surface area contributed by atoms with Gasteiger partial charge in [0.1, 0.15) is 0 Å². The predicted molar refractivity (Wildman–Crippen MR) is 99.2 cm³/mol. The van der Waals surface area contributed by atoms with Crippen LogP contribution in [0.5, 0.6) is 0 Å². The maximum Gasteiger partial charge on any atom is 0.332 e. The van der Waals surface area contributed by atoms with E-state index in [1.165, 1.54) is 12.2 Å². The lowest BCUT2D eigenvalue weighted by atomic mass is 10.1. The maximum atomic E-state index is 11.5. The van der Waals surface area contributed by atoms with Crippen molar-refractivity contribution < 1.29 is 19.1 Å². The zero-order chi connectivity index (χ0) is 18.8. The van der Waals surface area contributed by atoms with Crippen LogP contribution >= 0.6 is 0 Å². The summed E-state index contributed by atoms with van der Waals surface area (Å²) >= 11 is 0. The Balaban J connectivity index is 2.88. The molecule has 0 aliphatic carbocycles. The Hall–Kier alpha value is -2.76. The van der Waals surface area contributed by atoms with Gasteiger partial charge in [0, 0.05) is 34.9 Å². The van der Waals surface area contributed by atoms with Gasteiger partial charge in [-0.05, 0) is 52.3 Å². The van der Waals surface area contributed by atoms with E-state index in [4.69, 9.17) is 9.47 Å². The van der Waals surface area contributed by atoms with E-state index in [9.17, 15) is 9.59 Å². The Morgan fingerprint density at radius 3 is 1.68 bits per heavy atom. The Labute approximate surface area is 148 Å². The van der Waals surface area contributed by atoms with Crippen LogP contribution in [0.3, 0.4) is 0 Å². The van der Waals surface area contributed by atoms with Crippen LogP contribution in [0.1, 0.15) is 33.3 Å². The summed E-state index contributed by atoms with van der Waals surface area (Å²) < 4.78 is 9.79. The van der Waals surface area contributed by atoms with Gasteiger partial charge in [0.2, 0.25) is 0 Å². The number of hydrogen-bond acceptors (Lipinski definition) is 6. The number of esters is 2. The molecule has 136 valence electrons. The molecule has 25 heavy (non-hydrogen) atoms. The van der Waals surface area contributed by atoms with Gasteiger partial charge in [-0.15, -0.1) is 0 Å². The van der Waals surface area contributed by atoms with Crippen molar-refractivity contribution in [2.24, 2.45) is 0 Å². The monoisotopic (exact) mass is 346 g/mol. The third kappa shape index (κ3) is 7.12. The van der Waals surface area contributed by atoms with E-state index in [1.54, 1.807) is 27.7 Å². The lowest BCUT2D eigenvalue weighted by molar-refractivity contribution is -0.138. The zero-order valence-corrected chi connectivity index (χ0v) is 15.4. The van der Waals surface area contributed by atoms with E-state index in [1.807, 2.05) is 25.1 Å². The van der Waals surface area contributed by atoms with Crippen molar-refractivity contribution in [3.63, 3.8) is 0 Å². The highest BCUT2D eigenvalue weighted by Gasteiger charge is 2.06. The van der Waals surface area contributed by atoms with Crippen LogP contribution in [0, 0.1) is 6.92 Å². The average Bonchev–Trinajstić information content (AvgIpc) is 2.51. The van der Waals surface area contributed by atoms with E-state index in [0.717, 1.165) is 16.9 Å². The summed E-state index contributed by atoms with van der Waals surface area (Å²) in [4.78, 5) is 23.0. The van der Waals surface area contributed by atoms with Crippen LogP contribution in [0.4, 0.5) is 11.4 Å². The summed E-state index contributed by atoms with van der Waals surface area (Å²) in [6, 6.07) is 5.70. The maximum absolute atomic E-state index is 11.5. The first-order valence-electron chi connectivity index (χ1n) is 8.21. The molecule has 1 aromatic rings. The van der Waals surface area contributed by atoms with Crippen LogP contribution in [-0.4, -0.2) is 25.2 Å². The van der Waals surface area contributed by atoms with Gasteiger partial charge < -0.3 is 20.1 Å². The molecule has 0 unspecified atom stereocenters. The number of ether oxygens (including phenoxy) is 2. The van der Waals surface area contributed by atoms with Crippen LogP contribution in [-0.2, 0) is 19.1 Å². The Kier molecular flexibility index (Phi) is 8.26. The zero-order valence-electron chi connectivity index (χ0n) is 15.4. The predicted octanol–water partition coefficient (Wildman–Crippen LogP) is 3.75. The van der Waals surface area contributed by atoms with Crippen molar-refractivity contribution in [3.8, 4) is 0 Å². The van der Waals surface area contributed by atoms with E-state index >= 15 is 0 Å². The molecule has 6 heteroatoms. The minimum absolute atomic E-state index is 0.340. The molecule has 0 saturated carbocycles. The van der Waals surface area contributed by atoms with E-state index in [0.29, 0.717) is 24.6 Å².